The summed E-state index contributed by atoms with van der Waals surface area (Å²) in [6, 6.07) is 5.30. The normalized spacial score (nSPS) is 12.8. The molecule has 0 aliphatic heterocycles. The second kappa shape index (κ2) is 11.5. The van der Waals surface area contributed by atoms with Gasteiger partial charge in [-0.3, -0.25) is 19.4 Å². The number of nitrogens with zero attached hydrogens (tertiary/aromatic N) is 1. The number of nitrogens with one attached hydrogen (secondary N) is 3. The summed E-state index contributed by atoms with van der Waals surface area (Å²) in [7, 11) is 0. The van der Waals surface area contributed by atoms with Crippen LogP contribution in [0.5, 0.6) is 0 Å². The number of aliphatic carboxylic acids is 1. The summed E-state index contributed by atoms with van der Waals surface area (Å²) in [6.45, 7) is 5.98. The monoisotopic (exact) mass is 532 g/mol. The summed E-state index contributed by atoms with van der Waals surface area (Å²) < 4.78 is 0. The van der Waals surface area contributed by atoms with Gasteiger partial charge in [0.25, 0.3) is 16.8 Å². The molecule has 0 radical (unpaired) electrons. The molecule has 1 amide bonds. The zero-order chi connectivity index (χ0) is 26.6. The zero-order valence-electron chi connectivity index (χ0n) is 19.9. The van der Waals surface area contributed by atoms with E-state index < -0.39 is 28.8 Å². The van der Waals surface area contributed by atoms with Crippen molar-refractivity contribution in [3.05, 3.63) is 78.3 Å². The van der Waals surface area contributed by atoms with Crippen LogP contribution in [0.15, 0.2) is 46.2 Å². The maximum atomic E-state index is 12.5. The van der Waals surface area contributed by atoms with E-state index in [4.69, 9.17) is 23.2 Å². The van der Waals surface area contributed by atoms with Crippen molar-refractivity contribution in [1.82, 2.24) is 4.98 Å². The van der Waals surface area contributed by atoms with Crippen LogP contribution in [0.2, 0.25) is 10.0 Å². The Morgan fingerprint density at radius 3 is 2.03 bits per heavy atom. The number of hydrogen-bond donors (Lipinski definition) is 4. The van der Waals surface area contributed by atoms with Gasteiger partial charge >= 0.3 is 5.97 Å². The first kappa shape index (κ1) is 27.2. The van der Waals surface area contributed by atoms with E-state index in [-0.39, 0.29) is 39.4 Å². The molecule has 0 unspecified atom stereocenters. The summed E-state index contributed by atoms with van der Waals surface area (Å²) in [5.74, 6) is -1.31. The number of rotatable bonds is 11. The van der Waals surface area contributed by atoms with Crippen LogP contribution in [0.1, 0.15) is 43.1 Å². The van der Waals surface area contributed by atoms with E-state index >= 15 is 0 Å². The van der Waals surface area contributed by atoms with Gasteiger partial charge in [0.15, 0.2) is 0 Å². The van der Waals surface area contributed by atoms with Crippen LogP contribution >= 0.6 is 23.2 Å². The van der Waals surface area contributed by atoms with Gasteiger partial charge in [-0.05, 0) is 37.0 Å². The Kier molecular flexibility index (Phi) is 8.70. The number of aromatic nitrogens is 1. The minimum atomic E-state index is -1.18. The number of amides is 1. The molecule has 1 heterocycles. The van der Waals surface area contributed by atoms with Crippen LogP contribution in [-0.2, 0) is 11.2 Å². The van der Waals surface area contributed by atoms with E-state index in [0.717, 1.165) is 6.42 Å². The Balaban J connectivity index is 1.69. The van der Waals surface area contributed by atoms with Gasteiger partial charge in [-0.1, -0.05) is 49.2 Å². The third kappa shape index (κ3) is 6.41. The summed E-state index contributed by atoms with van der Waals surface area (Å²) in [5, 5.41) is 18.3. The smallest absolute Gasteiger partial charge is 0.326 e. The minimum Gasteiger partial charge on any atom is -0.480 e. The molecule has 4 N–H and O–H groups in total. The Morgan fingerprint density at radius 2 is 1.50 bits per heavy atom. The van der Waals surface area contributed by atoms with Gasteiger partial charge in [-0.15, -0.1) is 0 Å². The van der Waals surface area contributed by atoms with Gasteiger partial charge in [-0.25, -0.2) is 4.79 Å². The molecule has 36 heavy (non-hydrogen) atoms. The Bertz CT molecular complexity index is 1310. The third-order valence-electron chi connectivity index (χ3n) is 5.47. The molecule has 0 aliphatic carbocycles. The predicted molar refractivity (Wildman–Crippen MR) is 141 cm³/mol. The van der Waals surface area contributed by atoms with Crippen LogP contribution in [0, 0.1) is 5.92 Å². The van der Waals surface area contributed by atoms with Gasteiger partial charge < -0.3 is 21.1 Å². The quantitative estimate of drug-likeness (QED) is 0.269. The molecule has 1 aromatic heterocycles. The first-order valence-corrected chi connectivity index (χ1v) is 12.0. The maximum Gasteiger partial charge on any atom is 0.326 e. The topological polar surface area (TPSA) is 137 Å². The average Bonchev–Trinajstić information content (AvgIpc) is 2.80. The van der Waals surface area contributed by atoms with E-state index in [1.54, 1.807) is 24.3 Å². The van der Waals surface area contributed by atoms with Crippen molar-refractivity contribution in [1.29, 1.82) is 0 Å². The molecule has 190 valence electrons. The number of carbonyl (C=O) groups excluding carboxylic acids is 1. The Labute approximate surface area is 217 Å². The van der Waals surface area contributed by atoms with Gasteiger partial charge in [0.2, 0.25) is 0 Å². The molecule has 11 heteroatoms. The molecule has 0 bridgehead atoms. The Morgan fingerprint density at radius 1 is 0.944 bits per heavy atom. The number of carboxylic acids is 1. The van der Waals surface area contributed by atoms with Crippen molar-refractivity contribution < 1.29 is 14.7 Å². The summed E-state index contributed by atoms with van der Waals surface area (Å²) in [6.07, 6.45) is 3.44. The fraction of sp³-hybridized carbons (Fsp3) is 0.320. The zero-order valence-corrected chi connectivity index (χ0v) is 21.4. The molecule has 2 atom stereocenters. The molecular formula is C25H26Cl2N4O5. The number of benzene rings is 1. The fourth-order valence-electron chi connectivity index (χ4n) is 3.84. The average molecular weight is 533 g/mol. The van der Waals surface area contributed by atoms with Crippen LogP contribution in [0.25, 0.3) is 0 Å². The van der Waals surface area contributed by atoms with Gasteiger partial charge in [0.05, 0.1) is 15.6 Å². The molecule has 9 nitrogen and oxygen atoms in total. The summed E-state index contributed by atoms with van der Waals surface area (Å²) in [4.78, 5) is 52.4. The molecule has 3 aromatic rings. The molecular weight excluding hydrogens is 507 g/mol. The lowest BCUT2D eigenvalue weighted by molar-refractivity contribution is -0.137. The number of carbonyl (C=O) groups is 2. The predicted octanol–water partition coefficient (Wildman–Crippen LogP) is 4.19. The van der Waals surface area contributed by atoms with Crippen molar-refractivity contribution in [2.45, 2.75) is 45.7 Å². The van der Waals surface area contributed by atoms with Crippen LogP contribution in [0.3, 0.4) is 0 Å². The molecule has 3 rings (SSSR count). The van der Waals surface area contributed by atoms with Gasteiger partial charge in [-0.2, -0.15) is 0 Å². The fourth-order valence-corrected chi connectivity index (χ4v) is 4.37. The van der Waals surface area contributed by atoms with E-state index in [1.165, 1.54) is 12.4 Å². The largest absolute Gasteiger partial charge is 0.480 e. The van der Waals surface area contributed by atoms with Crippen molar-refractivity contribution in [2.24, 2.45) is 5.92 Å². The van der Waals surface area contributed by atoms with Crippen molar-refractivity contribution in [3.8, 4) is 0 Å². The third-order valence-corrected chi connectivity index (χ3v) is 6.05. The van der Waals surface area contributed by atoms with Gasteiger partial charge in [0, 0.05) is 30.5 Å². The van der Waals surface area contributed by atoms with E-state index in [2.05, 4.69) is 20.9 Å². The SMILES string of the molecule is CC(C)C[C@H](C)Nc1c(N[C@@H](Cc2ccc(NC(=O)c3c(Cl)cncc3Cl)cc2)C(=O)O)c(=O)c1=O. The maximum absolute atomic E-state index is 12.5. The highest BCUT2D eigenvalue weighted by Crippen LogP contribution is 2.25. The molecule has 2 aromatic carbocycles. The highest BCUT2D eigenvalue weighted by molar-refractivity contribution is 6.40. The van der Waals surface area contributed by atoms with Crippen LogP contribution < -0.4 is 26.8 Å². The first-order chi connectivity index (χ1) is 17.0. The number of carboxylic acid groups (broad SMARTS) is 1. The standard InChI is InChI=1S/C25H26Cl2N4O5/c1-12(2)8-13(3)29-20-21(23(33)22(20)32)31-18(25(35)36)9-14-4-6-15(7-5-14)30-24(34)19-16(26)10-28-11-17(19)27/h4-7,10-13,18,29,31H,8-9H2,1-3H3,(H,30,34)(H,35,36)/t13-,18-/m0/s1. The Hall–Kier alpha value is -3.43. The van der Waals surface area contributed by atoms with Crippen LogP contribution in [-0.4, -0.2) is 34.1 Å². The molecule has 0 saturated carbocycles. The first-order valence-electron chi connectivity index (χ1n) is 11.3. The number of halogens is 2. The lowest BCUT2D eigenvalue weighted by Crippen LogP contribution is -2.43. The second-order valence-corrected chi connectivity index (χ2v) is 9.77. The highest BCUT2D eigenvalue weighted by atomic mass is 35.5. The van der Waals surface area contributed by atoms with E-state index in [1.807, 2.05) is 20.8 Å². The lowest BCUT2D eigenvalue weighted by Gasteiger charge is -2.23. The van der Waals surface area contributed by atoms with Crippen molar-refractivity contribution in [3.63, 3.8) is 0 Å². The lowest BCUT2D eigenvalue weighted by atomic mass is 10.0. The highest BCUT2D eigenvalue weighted by Gasteiger charge is 2.27. The van der Waals surface area contributed by atoms with Crippen LogP contribution in [0.4, 0.5) is 17.1 Å². The molecule has 0 fully saturated rings. The summed E-state index contributed by atoms with van der Waals surface area (Å²) in [5.41, 5.74) is -0.134. The van der Waals surface area contributed by atoms with E-state index in [0.29, 0.717) is 17.2 Å². The van der Waals surface area contributed by atoms with Crippen molar-refractivity contribution in [2.75, 3.05) is 16.0 Å². The molecule has 0 aliphatic rings. The van der Waals surface area contributed by atoms with E-state index in [9.17, 15) is 24.3 Å². The van der Waals surface area contributed by atoms with Gasteiger partial charge in [0.1, 0.15) is 17.4 Å². The van der Waals surface area contributed by atoms with Crippen molar-refractivity contribution >= 4 is 52.1 Å². The second-order valence-electron chi connectivity index (χ2n) is 8.95. The summed E-state index contributed by atoms with van der Waals surface area (Å²) >= 11 is 12.0. The number of anilines is 3. The number of pyridine rings is 1. The number of hydrogen-bond acceptors (Lipinski definition) is 7. The molecule has 0 spiro atoms. The minimum absolute atomic E-state index is 0.0157. The molecule has 0 saturated heterocycles.